The molecule has 180 valence electrons. The van der Waals surface area contributed by atoms with Gasteiger partial charge in [0.1, 0.15) is 5.56 Å². The summed E-state index contributed by atoms with van der Waals surface area (Å²) in [6, 6.07) is 17.2. The standard InChI is InChI=1S/C27H20F2N4O3/c1-15-4-7-18(13-20(15)17-6-9-23-24(12-17)32-27(36)31-23)30-25(34)19-3-2-10-33(26(19)35)14-16-5-8-21(28)22(29)11-16/h2-13H,14H2,1H3,(H,30,34)(H2,31,32,36). The van der Waals surface area contributed by atoms with E-state index in [1.165, 1.54) is 22.9 Å². The SMILES string of the molecule is Cc1ccc(NC(=O)c2cccn(Cc3ccc(F)c(F)c3)c2=O)cc1-c1ccc2[nH]c(=O)[nH]c2c1. The van der Waals surface area contributed by atoms with Crippen LogP contribution in [0.2, 0.25) is 0 Å². The third kappa shape index (κ3) is 4.46. The van der Waals surface area contributed by atoms with Gasteiger partial charge in [-0.05, 0) is 77.7 Å². The molecule has 0 bridgehead atoms. The third-order valence-electron chi connectivity index (χ3n) is 5.92. The second kappa shape index (κ2) is 9.10. The van der Waals surface area contributed by atoms with Crippen LogP contribution in [0.25, 0.3) is 22.2 Å². The van der Waals surface area contributed by atoms with Crippen LogP contribution in [-0.4, -0.2) is 20.4 Å². The first kappa shape index (κ1) is 23.0. The first-order valence-electron chi connectivity index (χ1n) is 11.1. The van der Waals surface area contributed by atoms with Gasteiger partial charge in [-0.3, -0.25) is 9.59 Å². The molecule has 0 saturated carbocycles. The van der Waals surface area contributed by atoms with Gasteiger partial charge in [-0.2, -0.15) is 0 Å². The highest BCUT2D eigenvalue weighted by molar-refractivity contribution is 6.04. The molecule has 0 atom stereocenters. The molecule has 0 aliphatic heterocycles. The highest BCUT2D eigenvalue weighted by Gasteiger charge is 2.14. The summed E-state index contributed by atoms with van der Waals surface area (Å²) >= 11 is 0. The molecular formula is C27H20F2N4O3. The molecule has 7 nitrogen and oxygen atoms in total. The number of aromatic nitrogens is 3. The zero-order valence-electron chi connectivity index (χ0n) is 19.1. The number of hydrogen-bond acceptors (Lipinski definition) is 3. The lowest BCUT2D eigenvalue weighted by Gasteiger charge is -2.12. The van der Waals surface area contributed by atoms with Gasteiger partial charge in [-0.15, -0.1) is 0 Å². The van der Waals surface area contributed by atoms with E-state index in [4.69, 9.17) is 0 Å². The molecule has 0 spiro atoms. The summed E-state index contributed by atoms with van der Waals surface area (Å²) in [6.45, 7) is 1.91. The smallest absolute Gasteiger partial charge is 0.322 e. The van der Waals surface area contributed by atoms with Crippen molar-refractivity contribution >= 4 is 22.6 Å². The number of amides is 1. The fraction of sp³-hybridized carbons (Fsp3) is 0.0741. The predicted octanol–water partition coefficient (Wildman–Crippen LogP) is 4.57. The van der Waals surface area contributed by atoms with Crippen molar-refractivity contribution in [3.8, 4) is 11.1 Å². The molecule has 9 heteroatoms. The van der Waals surface area contributed by atoms with Crippen LogP contribution in [-0.2, 0) is 6.54 Å². The van der Waals surface area contributed by atoms with Crippen LogP contribution in [0, 0.1) is 18.6 Å². The molecule has 0 unspecified atom stereocenters. The Labute approximate surface area is 203 Å². The lowest BCUT2D eigenvalue weighted by atomic mass is 9.99. The van der Waals surface area contributed by atoms with Crippen LogP contribution in [0.1, 0.15) is 21.5 Å². The summed E-state index contributed by atoms with van der Waals surface area (Å²) in [5, 5.41) is 2.76. The summed E-state index contributed by atoms with van der Waals surface area (Å²) in [5.74, 6) is -2.58. The van der Waals surface area contributed by atoms with Crippen molar-refractivity contribution in [2.24, 2.45) is 0 Å². The summed E-state index contributed by atoms with van der Waals surface area (Å²) < 4.78 is 28.0. The maximum atomic E-state index is 13.6. The van der Waals surface area contributed by atoms with Crippen LogP contribution in [0.4, 0.5) is 14.5 Å². The average Bonchev–Trinajstić information content (AvgIpc) is 3.23. The zero-order valence-corrected chi connectivity index (χ0v) is 19.1. The van der Waals surface area contributed by atoms with Crippen molar-refractivity contribution < 1.29 is 13.6 Å². The van der Waals surface area contributed by atoms with E-state index in [9.17, 15) is 23.2 Å². The summed E-state index contributed by atoms with van der Waals surface area (Å²) in [6.07, 6.45) is 1.48. The second-order valence-electron chi connectivity index (χ2n) is 8.43. The van der Waals surface area contributed by atoms with E-state index in [1.807, 2.05) is 25.1 Å². The number of pyridine rings is 1. The molecule has 0 aliphatic carbocycles. The number of nitrogens with zero attached hydrogens (tertiary/aromatic N) is 1. The van der Waals surface area contributed by atoms with Crippen molar-refractivity contribution in [2.75, 3.05) is 5.32 Å². The number of carbonyl (C=O) groups is 1. The highest BCUT2D eigenvalue weighted by Crippen LogP contribution is 2.28. The van der Waals surface area contributed by atoms with E-state index in [0.717, 1.165) is 28.8 Å². The normalized spacial score (nSPS) is 11.1. The summed E-state index contributed by atoms with van der Waals surface area (Å²) in [7, 11) is 0. The number of halogens is 2. The van der Waals surface area contributed by atoms with E-state index in [-0.39, 0.29) is 17.8 Å². The van der Waals surface area contributed by atoms with Gasteiger partial charge in [0, 0.05) is 11.9 Å². The molecule has 0 aliphatic rings. The van der Waals surface area contributed by atoms with Crippen LogP contribution >= 0.6 is 0 Å². The van der Waals surface area contributed by atoms with Gasteiger partial charge in [0.15, 0.2) is 11.6 Å². The predicted molar refractivity (Wildman–Crippen MR) is 133 cm³/mol. The van der Waals surface area contributed by atoms with Crippen molar-refractivity contribution in [1.82, 2.24) is 14.5 Å². The van der Waals surface area contributed by atoms with Crippen LogP contribution in [0.15, 0.2) is 82.5 Å². The van der Waals surface area contributed by atoms with Gasteiger partial charge >= 0.3 is 5.69 Å². The Kier molecular flexibility index (Phi) is 5.81. The first-order chi connectivity index (χ1) is 17.3. The molecule has 0 saturated heterocycles. The number of fused-ring (bicyclic) bond motifs is 1. The molecule has 3 aromatic carbocycles. The van der Waals surface area contributed by atoms with Gasteiger partial charge < -0.3 is 19.9 Å². The largest absolute Gasteiger partial charge is 0.323 e. The maximum Gasteiger partial charge on any atom is 0.323 e. The minimum Gasteiger partial charge on any atom is -0.322 e. The van der Waals surface area contributed by atoms with Crippen LogP contribution in [0.5, 0.6) is 0 Å². The fourth-order valence-electron chi connectivity index (χ4n) is 4.08. The lowest BCUT2D eigenvalue weighted by Crippen LogP contribution is -2.29. The number of nitrogens with one attached hydrogen (secondary N) is 3. The summed E-state index contributed by atoms with van der Waals surface area (Å²) in [4.78, 5) is 42.9. The van der Waals surface area contributed by atoms with E-state index in [1.54, 1.807) is 24.3 Å². The van der Waals surface area contributed by atoms with Gasteiger partial charge in [0.05, 0.1) is 17.6 Å². The second-order valence-corrected chi connectivity index (χ2v) is 8.43. The van der Waals surface area contributed by atoms with Gasteiger partial charge in [0.25, 0.3) is 11.5 Å². The molecule has 2 heterocycles. The number of aromatic amines is 2. The first-order valence-corrected chi connectivity index (χ1v) is 11.1. The number of anilines is 1. The van der Waals surface area contributed by atoms with Crippen molar-refractivity contribution in [3.05, 3.63) is 122 Å². The monoisotopic (exact) mass is 486 g/mol. The molecule has 0 fully saturated rings. The number of benzene rings is 3. The Hall–Kier alpha value is -4.79. The molecule has 5 rings (SSSR count). The van der Waals surface area contributed by atoms with Crippen molar-refractivity contribution in [1.29, 1.82) is 0 Å². The molecule has 0 radical (unpaired) electrons. The number of H-pyrrole nitrogens is 2. The van der Waals surface area contributed by atoms with E-state index < -0.39 is 23.1 Å². The minimum atomic E-state index is -1.01. The Bertz CT molecular complexity index is 1750. The fourth-order valence-corrected chi connectivity index (χ4v) is 4.08. The minimum absolute atomic E-state index is 0.0183. The highest BCUT2D eigenvalue weighted by atomic mass is 19.2. The van der Waals surface area contributed by atoms with Gasteiger partial charge in [-0.25, -0.2) is 13.6 Å². The Morgan fingerprint density at radius 3 is 2.53 bits per heavy atom. The number of carbonyl (C=O) groups excluding carboxylic acids is 1. The average molecular weight is 486 g/mol. The van der Waals surface area contributed by atoms with E-state index in [0.29, 0.717) is 22.3 Å². The Balaban J connectivity index is 1.41. The molecule has 1 amide bonds. The quantitative estimate of drug-likeness (QED) is 0.339. The van der Waals surface area contributed by atoms with Crippen LogP contribution in [0.3, 0.4) is 0 Å². The summed E-state index contributed by atoms with van der Waals surface area (Å²) in [5.41, 5.74) is 3.93. The molecule has 36 heavy (non-hydrogen) atoms. The number of rotatable bonds is 5. The molecule has 5 aromatic rings. The Morgan fingerprint density at radius 2 is 1.72 bits per heavy atom. The Morgan fingerprint density at radius 1 is 0.917 bits per heavy atom. The molecule has 3 N–H and O–H groups in total. The van der Waals surface area contributed by atoms with E-state index in [2.05, 4.69) is 15.3 Å². The molecular weight excluding hydrogens is 466 g/mol. The van der Waals surface area contributed by atoms with Gasteiger partial charge in [-0.1, -0.05) is 18.2 Å². The zero-order chi connectivity index (χ0) is 25.4. The third-order valence-corrected chi connectivity index (χ3v) is 5.92. The van der Waals surface area contributed by atoms with Crippen molar-refractivity contribution in [3.63, 3.8) is 0 Å². The van der Waals surface area contributed by atoms with Gasteiger partial charge in [0.2, 0.25) is 0 Å². The number of aryl methyl sites for hydroxylation is 1. The molecule has 2 aromatic heterocycles. The van der Waals surface area contributed by atoms with Crippen molar-refractivity contribution in [2.45, 2.75) is 13.5 Å². The van der Waals surface area contributed by atoms with E-state index >= 15 is 0 Å². The topological polar surface area (TPSA) is 99.8 Å². The maximum absolute atomic E-state index is 13.6. The number of imidazole rings is 1. The van der Waals surface area contributed by atoms with Crippen LogP contribution < -0.4 is 16.6 Å². The number of hydrogen-bond donors (Lipinski definition) is 3. The lowest BCUT2D eigenvalue weighted by molar-refractivity contribution is 0.102.